The number of hydrogen-bond donors (Lipinski definition) is 0. The van der Waals surface area contributed by atoms with Crippen molar-refractivity contribution in [1.29, 1.82) is 0 Å². The number of rotatable bonds is 4. The van der Waals surface area contributed by atoms with Crippen LogP contribution >= 0.6 is 0 Å². The van der Waals surface area contributed by atoms with Crippen molar-refractivity contribution in [2.24, 2.45) is 0 Å². The summed E-state index contributed by atoms with van der Waals surface area (Å²) in [4.78, 5) is 12.2. The number of hydrogen-bond acceptors (Lipinski definition) is 2. The standard InChI is InChI=1S/C17H16F2O2/c1-10-6-11(2)8-14(7-10)21-12(3)17(20)13-4-5-15(18)16(19)9-13/h4-9,12H,1-3H3. The highest BCUT2D eigenvalue weighted by atomic mass is 19.2. The van der Waals surface area contributed by atoms with E-state index in [0.29, 0.717) is 5.75 Å². The van der Waals surface area contributed by atoms with Crippen LogP contribution in [0.25, 0.3) is 0 Å². The van der Waals surface area contributed by atoms with E-state index in [1.165, 1.54) is 6.07 Å². The van der Waals surface area contributed by atoms with Crippen molar-refractivity contribution in [2.45, 2.75) is 26.9 Å². The van der Waals surface area contributed by atoms with Gasteiger partial charge in [-0.2, -0.15) is 0 Å². The lowest BCUT2D eigenvalue weighted by molar-refractivity contribution is 0.0817. The van der Waals surface area contributed by atoms with E-state index in [2.05, 4.69) is 0 Å². The predicted molar refractivity (Wildman–Crippen MR) is 76.7 cm³/mol. The lowest BCUT2D eigenvalue weighted by atomic mass is 10.1. The predicted octanol–water partition coefficient (Wildman–Crippen LogP) is 4.23. The van der Waals surface area contributed by atoms with Gasteiger partial charge in [-0.15, -0.1) is 0 Å². The highest BCUT2D eigenvalue weighted by Gasteiger charge is 2.18. The van der Waals surface area contributed by atoms with Crippen LogP contribution in [-0.2, 0) is 0 Å². The monoisotopic (exact) mass is 290 g/mol. The zero-order chi connectivity index (χ0) is 15.6. The van der Waals surface area contributed by atoms with Crippen molar-refractivity contribution in [1.82, 2.24) is 0 Å². The minimum Gasteiger partial charge on any atom is -0.483 e. The molecule has 2 aromatic carbocycles. The van der Waals surface area contributed by atoms with Crippen LogP contribution in [0.3, 0.4) is 0 Å². The molecule has 0 N–H and O–H groups in total. The fourth-order valence-electron chi connectivity index (χ4n) is 2.14. The Balaban J connectivity index is 2.17. The van der Waals surface area contributed by atoms with Crippen molar-refractivity contribution in [3.05, 3.63) is 64.7 Å². The van der Waals surface area contributed by atoms with Gasteiger partial charge in [0.2, 0.25) is 5.78 Å². The number of carbonyl (C=O) groups excluding carboxylic acids is 1. The molecule has 21 heavy (non-hydrogen) atoms. The normalized spacial score (nSPS) is 12.0. The van der Waals surface area contributed by atoms with Crippen LogP contribution in [0.4, 0.5) is 8.78 Å². The number of benzene rings is 2. The lowest BCUT2D eigenvalue weighted by Gasteiger charge is -2.15. The first kappa shape index (κ1) is 15.2. The van der Waals surface area contributed by atoms with Crippen LogP contribution < -0.4 is 4.74 Å². The molecular weight excluding hydrogens is 274 g/mol. The van der Waals surface area contributed by atoms with Crippen LogP contribution in [0.1, 0.15) is 28.4 Å². The highest BCUT2D eigenvalue weighted by molar-refractivity contribution is 5.99. The molecule has 0 spiro atoms. The fraction of sp³-hybridized carbons (Fsp3) is 0.235. The molecule has 2 nitrogen and oxygen atoms in total. The van der Waals surface area contributed by atoms with Gasteiger partial charge in [-0.05, 0) is 62.2 Å². The lowest BCUT2D eigenvalue weighted by Crippen LogP contribution is -2.24. The summed E-state index contributed by atoms with van der Waals surface area (Å²) in [6.07, 6.45) is -0.781. The van der Waals surface area contributed by atoms with E-state index in [9.17, 15) is 13.6 Å². The second-order valence-corrected chi connectivity index (χ2v) is 5.08. The molecule has 0 saturated heterocycles. The summed E-state index contributed by atoms with van der Waals surface area (Å²) in [5.41, 5.74) is 2.14. The van der Waals surface area contributed by atoms with Crippen LogP contribution in [0, 0.1) is 25.5 Å². The van der Waals surface area contributed by atoms with E-state index in [-0.39, 0.29) is 5.56 Å². The molecule has 0 aliphatic carbocycles. The molecule has 0 aromatic heterocycles. The van der Waals surface area contributed by atoms with Gasteiger partial charge in [0.15, 0.2) is 17.7 Å². The summed E-state index contributed by atoms with van der Waals surface area (Å²) in [5, 5.41) is 0. The maximum absolute atomic E-state index is 13.2. The van der Waals surface area contributed by atoms with Gasteiger partial charge < -0.3 is 4.74 Å². The molecule has 0 radical (unpaired) electrons. The third-order valence-electron chi connectivity index (χ3n) is 3.08. The van der Waals surface area contributed by atoms with Gasteiger partial charge in [0.1, 0.15) is 5.75 Å². The van der Waals surface area contributed by atoms with Gasteiger partial charge >= 0.3 is 0 Å². The third-order valence-corrected chi connectivity index (χ3v) is 3.08. The molecule has 0 amide bonds. The average Bonchev–Trinajstić information content (AvgIpc) is 2.39. The molecule has 4 heteroatoms. The Labute approximate surface area is 122 Å². The van der Waals surface area contributed by atoms with E-state index < -0.39 is 23.5 Å². The molecule has 0 aliphatic rings. The zero-order valence-corrected chi connectivity index (χ0v) is 12.1. The first-order valence-corrected chi connectivity index (χ1v) is 6.61. The van der Waals surface area contributed by atoms with Gasteiger partial charge in [-0.1, -0.05) is 6.07 Å². The molecule has 1 atom stereocenters. The SMILES string of the molecule is Cc1cc(C)cc(OC(C)C(=O)c2ccc(F)c(F)c2)c1. The van der Waals surface area contributed by atoms with Crippen LogP contribution in [-0.4, -0.2) is 11.9 Å². The fourth-order valence-corrected chi connectivity index (χ4v) is 2.14. The van der Waals surface area contributed by atoms with Crippen molar-refractivity contribution in [3.8, 4) is 5.75 Å². The summed E-state index contributed by atoms with van der Waals surface area (Å²) in [6.45, 7) is 5.45. The highest BCUT2D eigenvalue weighted by Crippen LogP contribution is 2.19. The number of Topliss-reactive ketones (excluding diaryl/α,β-unsaturated/α-hetero) is 1. The molecule has 0 fully saturated rings. The van der Waals surface area contributed by atoms with E-state index in [4.69, 9.17) is 4.74 Å². The number of ether oxygens (including phenoxy) is 1. The van der Waals surface area contributed by atoms with Crippen molar-refractivity contribution in [2.75, 3.05) is 0 Å². The number of halogens is 2. The van der Waals surface area contributed by atoms with E-state index in [1.807, 2.05) is 32.0 Å². The minimum atomic E-state index is -1.04. The summed E-state index contributed by atoms with van der Waals surface area (Å²) >= 11 is 0. The minimum absolute atomic E-state index is 0.0887. The second kappa shape index (κ2) is 6.04. The Morgan fingerprint density at radius 3 is 2.19 bits per heavy atom. The molecule has 110 valence electrons. The first-order chi connectivity index (χ1) is 9.86. The molecule has 2 aromatic rings. The number of ketones is 1. The van der Waals surface area contributed by atoms with Gasteiger partial charge in [0.25, 0.3) is 0 Å². The smallest absolute Gasteiger partial charge is 0.203 e. The molecule has 1 unspecified atom stereocenters. The molecule has 0 heterocycles. The van der Waals surface area contributed by atoms with Crippen molar-refractivity contribution >= 4 is 5.78 Å². The third kappa shape index (κ3) is 3.66. The molecule has 0 saturated carbocycles. The van der Waals surface area contributed by atoms with Crippen molar-refractivity contribution < 1.29 is 18.3 Å². The number of aryl methyl sites for hydroxylation is 2. The Kier molecular flexibility index (Phi) is 4.36. The molecule has 2 rings (SSSR count). The average molecular weight is 290 g/mol. The Morgan fingerprint density at radius 1 is 1.00 bits per heavy atom. The molecule has 0 aliphatic heterocycles. The quantitative estimate of drug-likeness (QED) is 0.788. The first-order valence-electron chi connectivity index (χ1n) is 6.61. The van der Waals surface area contributed by atoms with Crippen LogP contribution in [0.2, 0.25) is 0 Å². The molecule has 0 bridgehead atoms. The molecular formula is C17H16F2O2. The Bertz CT molecular complexity index is 660. The Hall–Kier alpha value is -2.23. The van der Waals surface area contributed by atoms with Crippen LogP contribution in [0.5, 0.6) is 5.75 Å². The topological polar surface area (TPSA) is 26.3 Å². The van der Waals surface area contributed by atoms with E-state index in [0.717, 1.165) is 23.3 Å². The maximum atomic E-state index is 13.2. The van der Waals surface area contributed by atoms with Crippen molar-refractivity contribution in [3.63, 3.8) is 0 Å². The summed E-state index contributed by atoms with van der Waals surface area (Å²) in [5.74, 6) is -1.84. The van der Waals surface area contributed by atoms with E-state index in [1.54, 1.807) is 6.92 Å². The maximum Gasteiger partial charge on any atom is 0.203 e. The van der Waals surface area contributed by atoms with Gasteiger partial charge in [0, 0.05) is 5.56 Å². The van der Waals surface area contributed by atoms with E-state index >= 15 is 0 Å². The zero-order valence-electron chi connectivity index (χ0n) is 12.1. The number of carbonyl (C=O) groups is 1. The Morgan fingerprint density at radius 2 is 1.62 bits per heavy atom. The van der Waals surface area contributed by atoms with Gasteiger partial charge in [0.05, 0.1) is 0 Å². The second-order valence-electron chi connectivity index (χ2n) is 5.08. The van der Waals surface area contributed by atoms with Gasteiger partial charge in [-0.3, -0.25) is 4.79 Å². The summed E-state index contributed by atoms with van der Waals surface area (Å²) < 4.78 is 31.6. The summed E-state index contributed by atoms with van der Waals surface area (Å²) in [7, 11) is 0. The van der Waals surface area contributed by atoms with Gasteiger partial charge in [-0.25, -0.2) is 8.78 Å². The van der Waals surface area contributed by atoms with Crippen LogP contribution in [0.15, 0.2) is 36.4 Å². The largest absolute Gasteiger partial charge is 0.483 e. The summed E-state index contributed by atoms with van der Waals surface area (Å²) in [6, 6.07) is 8.71.